The Morgan fingerprint density at radius 2 is 1.95 bits per heavy atom. The molecule has 0 amide bonds. The van der Waals surface area contributed by atoms with Crippen molar-refractivity contribution in [2.24, 2.45) is 0 Å². The van der Waals surface area contributed by atoms with Crippen molar-refractivity contribution in [3.8, 4) is 0 Å². The second-order valence-corrected chi connectivity index (χ2v) is 4.10. The maximum absolute atomic E-state index is 12.9. The van der Waals surface area contributed by atoms with Crippen molar-refractivity contribution in [3.05, 3.63) is 54.7 Å². The molecule has 0 bridgehead atoms. The van der Waals surface area contributed by atoms with Crippen molar-refractivity contribution in [1.82, 2.24) is 9.97 Å². The Morgan fingerprint density at radius 3 is 2.67 bits per heavy atom. The molecule has 21 heavy (non-hydrogen) atoms. The molecule has 0 aliphatic carbocycles. The summed E-state index contributed by atoms with van der Waals surface area (Å²) >= 11 is 0. The van der Waals surface area contributed by atoms with Crippen LogP contribution in [0, 0.1) is 0 Å². The van der Waals surface area contributed by atoms with Crippen LogP contribution in [0.4, 0.5) is 30.6 Å². The average molecular weight is 294 g/mol. The molecule has 2 N–H and O–H groups in total. The van der Waals surface area contributed by atoms with Gasteiger partial charge in [0, 0.05) is 12.7 Å². The molecule has 2 aromatic rings. The van der Waals surface area contributed by atoms with Crippen LogP contribution in [0.3, 0.4) is 0 Å². The van der Waals surface area contributed by atoms with Gasteiger partial charge in [0.05, 0.1) is 11.3 Å². The van der Waals surface area contributed by atoms with Gasteiger partial charge in [-0.3, -0.25) is 0 Å². The van der Waals surface area contributed by atoms with Crippen molar-refractivity contribution in [2.75, 3.05) is 17.2 Å². The SMILES string of the molecule is C=CCNc1nccc(Nc2ccccc2C(F)(F)F)n1. The van der Waals surface area contributed by atoms with Gasteiger partial charge in [0.15, 0.2) is 0 Å². The summed E-state index contributed by atoms with van der Waals surface area (Å²) in [5, 5.41) is 5.52. The molecule has 1 aromatic carbocycles. The Hall–Kier alpha value is -2.57. The number of rotatable bonds is 5. The Morgan fingerprint density at radius 1 is 1.19 bits per heavy atom. The highest BCUT2D eigenvalue weighted by Gasteiger charge is 2.33. The molecule has 0 unspecified atom stereocenters. The third-order valence-electron chi connectivity index (χ3n) is 2.56. The molecule has 0 saturated heterocycles. The summed E-state index contributed by atoms with van der Waals surface area (Å²) in [6.07, 6.45) is -1.35. The van der Waals surface area contributed by atoms with Gasteiger partial charge >= 0.3 is 6.18 Å². The molecule has 7 heteroatoms. The van der Waals surface area contributed by atoms with E-state index >= 15 is 0 Å². The summed E-state index contributed by atoms with van der Waals surface area (Å²) in [4.78, 5) is 8.04. The van der Waals surface area contributed by atoms with Crippen molar-refractivity contribution >= 4 is 17.5 Å². The summed E-state index contributed by atoms with van der Waals surface area (Å²) in [7, 11) is 0. The molecule has 1 heterocycles. The Kier molecular flexibility index (Phi) is 4.42. The van der Waals surface area contributed by atoms with E-state index in [1.54, 1.807) is 6.08 Å². The molecule has 1 aromatic heterocycles. The highest BCUT2D eigenvalue weighted by atomic mass is 19.4. The highest BCUT2D eigenvalue weighted by Crippen LogP contribution is 2.35. The van der Waals surface area contributed by atoms with Crippen LogP contribution in [0.15, 0.2) is 49.2 Å². The molecule has 4 nitrogen and oxygen atoms in total. The first-order valence-corrected chi connectivity index (χ1v) is 6.12. The number of alkyl halides is 3. The van der Waals surface area contributed by atoms with E-state index in [9.17, 15) is 13.2 Å². The molecule has 0 fully saturated rings. The lowest BCUT2D eigenvalue weighted by Gasteiger charge is -2.14. The topological polar surface area (TPSA) is 49.8 Å². The molecule has 0 spiro atoms. The zero-order valence-corrected chi connectivity index (χ0v) is 11.0. The third-order valence-corrected chi connectivity index (χ3v) is 2.56. The van der Waals surface area contributed by atoms with Crippen molar-refractivity contribution in [1.29, 1.82) is 0 Å². The fourth-order valence-corrected chi connectivity index (χ4v) is 1.65. The first-order valence-electron chi connectivity index (χ1n) is 6.12. The number of hydrogen-bond acceptors (Lipinski definition) is 4. The molecule has 110 valence electrons. The quantitative estimate of drug-likeness (QED) is 0.823. The van der Waals surface area contributed by atoms with Gasteiger partial charge in [-0.15, -0.1) is 6.58 Å². The maximum atomic E-state index is 12.9. The van der Waals surface area contributed by atoms with E-state index in [0.29, 0.717) is 12.5 Å². The normalized spacial score (nSPS) is 11.0. The standard InChI is InChI=1S/C14H13F3N4/c1-2-8-18-13-19-9-7-12(21-13)20-11-6-4-3-5-10(11)14(15,16)17/h2-7,9H,1,8H2,(H2,18,19,20,21). The molecule has 0 radical (unpaired) electrons. The summed E-state index contributed by atoms with van der Waals surface area (Å²) in [5.41, 5.74) is -0.803. The number of benzene rings is 1. The average Bonchev–Trinajstić information content (AvgIpc) is 2.45. The van der Waals surface area contributed by atoms with Crippen LogP contribution < -0.4 is 10.6 Å². The molecule has 0 aliphatic heterocycles. The lowest BCUT2D eigenvalue weighted by atomic mass is 10.1. The predicted octanol–water partition coefficient (Wildman–Crippen LogP) is 3.84. The summed E-state index contributed by atoms with van der Waals surface area (Å²) in [5.74, 6) is 0.581. The van der Waals surface area contributed by atoms with E-state index in [1.807, 2.05) is 0 Å². The smallest absolute Gasteiger partial charge is 0.351 e. The predicted molar refractivity (Wildman–Crippen MR) is 75.4 cm³/mol. The Balaban J connectivity index is 2.24. The van der Waals surface area contributed by atoms with E-state index < -0.39 is 11.7 Å². The van der Waals surface area contributed by atoms with Gasteiger partial charge in [0.25, 0.3) is 0 Å². The Bertz CT molecular complexity index is 626. The minimum atomic E-state index is -4.43. The molecule has 0 aliphatic rings. The van der Waals surface area contributed by atoms with Gasteiger partial charge in [0.2, 0.25) is 5.95 Å². The van der Waals surface area contributed by atoms with Gasteiger partial charge in [-0.2, -0.15) is 18.2 Å². The fraction of sp³-hybridized carbons (Fsp3) is 0.143. The van der Waals surface area contributed by atoms with Gasteiger partial charge in [-0.25, -0.2) is 4.98 Å². The number of para-hydroxylation sites is 1. The number of anilines is 3. The lowest BCUT2D eigenvalue weighted by Crippen LogP contribution is -2.09. The fourth-order valence-electron chi connectivity index (χ4n) is 1.65. The largest absolute Gasteiger partial charge is 0.418 e. The maximum Gasteiger partial charge on any atom is 0.418 e. The molecular weight excluding hydrogens is 281 g/mol. The molecular formula is C14H13F3N4. The van der Waals surface area contributed by atoms with Crippen LogP contribution in [-0.4, -0.2) is 16.5 Å². The second-order valence-electron chi connectivity index (χ2n) is 4.10. The zero-order valence-electron chi connectivity index (χ0n) is 11.0. The minimum absolute atomic E-state index is 0.0571. The number of halogens is 3. The monoisotopic (exact) mass is 294 g/mol. The Labute approximate surface area is 119 Å². The van der Waals surface area contributed by atoms with Gasteiger partial charge in [-0.1, -0.05) is 18.2 Å². The first-order chi connectivity index (χ1) is 10.0. The molecule has 0 atom stereocenters. The number of nitrogens with zero attached hydrogens (tertiary/aromatic N) is 2. The highest BCUT2D eigenvalue weighted by molar-refractivity contribution is 5.61. The van der Waals surface area contributed by atoms with Crippen LogP contribution in [-0.2, 0) is 6.18 Å². The van der Waals surface area contributed by atoms with Crippen molar-refractivity contribution < 1.29 is 13.2 Å². The van der Waals surface area contributed by atoms with Crippen LogP contribution in [0.2, 0.25) is 0 Å². The molecule has 2 rings (SSSR count). The van der Waals surface area contributed by atoms with E-state index in [2.05, 4.69) is 27.2 Å². The van der Waals surface area contributed by atoms with E-state index in [-0.39, 0.29) is 11.5 Å². The van der Waals surface area contributed by atoms with Crippen LogP contribution >= 0.6 is 0 Å². The number of hydrogen-bond donors (Lipinski definition) is 2. The number of aromatic nitrogens is 2. The van der Waals surface area contributed by atoms with Crippen molar-refractivity contribution in [3.63, 3.8) is 0 Å². The summed E-state index contributed by atoms with van der Waals surface area (Å²) < 4.78 is 38.7. The van der Waals surface area contributed by atoms with Gasteiger partial charge in [-0.05, 0) is 18.2 Å². The summed E-state index contributed by atoms with van der Waals surface area (Å²) in [6, 6.07) is 6.72. The van der Waals surface area contributed by atoms with Crippen LogP contribution in [0.1, 0.15) is 5.56 Å². The summed E-state index contributed by atoms with van der Waals surface area (Å²) in [6.45, 7) is 4.01. The zero-order chi connectivity index (χ0) is 15.3. The lowest BCUT2D eigenvalue weighted by molar-refractivity contribution is -0.136. The number of nitrogens with one attached hydrogen (secondary N) is 2. The van der Waals surface area contributed by atoms with E-state index in [1.165, 1.54) is 30.5 Å². The second kappa shape index (κ2) is 6.25. The minimum Gasteiger partial charge on any atom is -0.351 e. The van der Waals surface area contributed by atoms with Gasteiger partial charge in [0.1, 0.15) is 5.82 Å². The van der Waals surface area contributed by atoms with Crippen molar-refractivity contribution in [2.45, 2.75) is 6.18 Å². The van der Waals surface area contributed by atoms with Crippen LogP contribution in [0.25, 0.3) is 0 Å². The first kappa shape index (κ1) is 14.8. The van der Waals surface area contributed by atoms with E-state index in [4.69, 9.17) is 0 Å². The van der Waals surface area contributed by atoms with Crippen LogP contribution in [0.5, 0.6) is 0 Å². The molecule has 0 saturated carbocycles. The van der Waals surface area contributed by atoms with E-state index in [0.717, 1.165) is 6.07 Å². The third kappa shape index (κ3) is 3.95. The van der Waals surface area contributed by atoms with Gasteiger partial charge < -0.3 is 10.6 Å².